The fraction of sp³-hybridized carbons (Fsp3) is 0.730. The number of aromatic nitrogens is 2. The van der Waals surface area contributed by atoms with Crippen molar-refractivity contribution in [3.63, 3.8) is 0 Å². The van der Waals surface area contributed by atoms with Crippen LogP contribution in [0.5, 0.6) is 0 Å². The number of ether oxygens (including phenoxy) is 5. The highest BCUT2D eigenvalue weighted by molar-refractivity contribution is 6.74. The smallest absolute Gasteiger partial charge is 0.333 e. The first-order valence-electron chi connectivity index (χ1n) is 18.1. The maximum absolute atomic E-state index is 13.8. The summed E-state index contributed by atoms with van der Waals surface area (Å²) >= 11 is 0. The van der Waals surface area contributed by atoms with Gasteiger partial charge in [0.25, 0.3) is 5.56 Å². The standard InChI is InChI=1S/C37H58N2O8Si/c1-27-24-39(32-23-30(47-34-15-9-12-22-43-34)31(46-32)26-44-33-14-8-11-21-42-33)36(41)38(35(27)40)20-10-7-13-28-16-18-29(19-17-28)25-45-48(5,6)37(2,3)4/h16-19,24,30-34H,7-15,20-23,25-26H2,1-6H3/t30-,31+,32+,33?,34?/m0/s1. The Labute approximate surface area is 287 Å². The number of unbranched alkanes of at least 4 members (excludes halogenated alkanes) is 1. The first-order chi connectivity index (χ1) is 22.9. The molecule has 4 heterocycles. The highest BCUT2D eigenvalue weighted by atomic mass is 28.4. The van der Waals surface area contributed by atoms with Crippen LogP contribution in [0.15, 0.2) is 40.1 Å². The van der Waals surface area contributed by atoms with Crippen molar-refractivity contribution in [3.8, 4) is 0 Å². The summed E-state index contributed by atoms with van der Waals surface area (Å²) in [5.74, 6) is 0. The Hall–Kier alpha value is -2.12. The second-order valence-electron chi connectivity index (χ2n) is 15.2. The molecule has 1 aromatic carbocycles. The summed E-state index contributed by atoms with van der Waals surface area (Å²) in [7, 11) is -1.80. The van der Waals surface area contributed by atoms with E-state index in [0.717, 1.165) is 51.4 Å². The summed E-state index contributed by atoms with van der Waals surface area (Å²) in [4.78, 5) is 26.9. The number of hydrogen-bond donors (Lipinski definition) is 0. The molecule has 3 aliphatic rings. The monoisotopic (exact) mass is 686 g/mol. The van der Waals surface area contributed by atoms with Gasteiger partial charge >= 0.3 is 5.69 Å². The van der Waals surface area contributed by atoms with Crippen molar-refractivity contribution < 1.29 is 28.1 Å². The molecule has 11 heteroatoms. The zero-order chi connectivity index (χ0) is 34.3. The molecule has 1 aromatic heterocycles. The molecule has 0 spiro atoms. The summed E-state index contributed by atoms with van der Waals surface area (Å²) in [6.45, 7) is 15.7. The highest BCUT2D eigenvalue weighted by Crippen LogP contribution is 2.37. The van der Waals surface area contributed by atoms with E-state index >= 15 is 0 Å². The zero-order valence-electron chi connectivity index (χ0n) is 30.0. The molecule has 5 atom stereocenters. The van der Waals surface area contributed by atoms with E-state index in [0.29, 0.717) is 51.4 Å². The molecule has 48 heavy (non-hydrogen) atoms. The Kier molecular flexibility index (Phi) is 12.9. The zero-order valence-corrected chi connectivity index (χ0v) is 31.0. The summed E-state index contributed by atoms with van der Waals surface area (Å²) < 4.78 is 39.9. The van der Waals surface area contributed by atoms with Gasteiger partial charge in [-0.05, 0) is 94.0 Å². The number of nitrogens with zero attached hydrogens (tertiary/aromatic N) is 2. The Morgan fingerprint density at radius 2 is 1.58 bits per heavy atom. The lowest BCUT2D eigenvalue weighted by atomic mass is 10.1. The van der Waals surface area contributed by atoms with Crippen LogP contribution in [-0.2, 0) is 47.7 Å². The van der Waals surface area contributed by atoms with E-state index in [9.17, 15) is 9.59 Å². The van der Waals surface area contributed by atoms with Crippen LogP contribution in [-0.4, -0.2) is 62.1 Å². The van der Waals surface area contributed by atoms with Crippen molar-refractivity contribution in [2.45, 2.75) is 154 Å². The van der Waals surface area contributed by atoms with E-state index in [1.54, 1.807) is 17.7 Å². The van der Waals surface area contributed by atoms with Gasteiger partial charge in [0.15, 0.2) is 20.9 Å². The predicted octanol–water partition coefficient (Wildman–Crippen LogP) is 6.61. The van der Waals surface area contributed by atoms with Crippen molar-refractivity contribution in [1.82, 2.24) is 9.13 Å². The summed E-state index contributed by atoms with van der Waals surface area (Å²) in [6, 6.07) is 8.60. The minimum Gasteiger partial charge on any atom is -0.413 e. The third kappa shape index (κ3) is 9.77. The summed E-state index contributed by atoms with van der Waals surface area (Å²) in [5.41, 5.74) is 2.32. The molecular formula is C37H58N2O8Si. The molecule has 0 saturated carbocycles. The van der Waals surface area contributed by atoms with Gasteiger partial charge in [-0.3, -0.25) is 13.9 Å². The number of hydrogen-bond acceptors (Lipinski definition) is 8. The molecule has 268 valence electrons. The molecule has 0 radical (unpaired) electrons. The molecule has 0 aliphatic carbocycles. The number of aryl methyl sites for hydroxylation is 2. The van der Waals surface area contributed by atoms with Crippen molar-refractivity contribution in [2.75, 3.05) is 19.8 Å². The van der Waals surface area contributed by atoms with Crippen LogP contribution in [0.3, 0.4) is 0 Å². The second kappa shape index (κ2) is 16.7. The minimum absolute atomic E-state index is 0.182. The Bertz CT molecular complexity index is 1420. The van der Waals surface area contributed by atoms with Crippen LogP contribution in [0.2, 0.25) is 18.1 Å². The quantitative estimate of drug-likeness (QED) is 0.162. The maximum atomic E-state index is 13.8. The Balaban J connectivity index is 1.18. The van der Waals surface area contributed by atoms with Gasteiger partial charge in [-0.2, -0.15) is 0 Å². The second-order valence-corrected chi connectivity index (χ2v) is 20.1. The van der Waals surface area contributed by atoms with Gasteiger partial charge in [0.1, 0.15) is 12.3 Å². The van der Waals surface area contributed by atoms with Gasteiger partial charge in [-0.25, -0.2) is 4.79 Å². The molecule has 0 N–H and O–H groups in total. The minimum atomic E-state index is -1.80. The highest BCUT2D eigenvalue weighted by Gasteiger charge is 2.40. The van der Waals surface area contributed by atoms with E-state index in [1.165, 1.54) is 15.7 Å². The van der Waals surface area contributed by atoms with Crippen molar-refractivity contribution in [1.29, 1.82) is 0 Å². The predicted molar refractivity (Wildman–Crippen MR) is 188 cm³/mol. The molecule has 3 fully saturated rings. The van der Waals surface area contributed by atoms with Crippen LogP contribution in [0, 0.1) is 6.92 Å². The van der Waals surface area contributed by atoms with Gasteiger partial charge in [-0.1, -0.05) is 45.0 Å². The molecule has 2 unspecified atom stereocenters. The number of rotatable bonds is 14. The van der Waals surface area contributed by atoms with Crippen LogP contribution >= 0.6 is 0 Å². The maximum Gasteiger partial charge on any atom is 0.333 e. The van der Waals surface area contributed by atoms with Crippen LogP contribution in [0.4, 0.5) is 0 Å². The van der Waals surface area contributed by atoms with Crippen LogP contribution in [0.1, 0.15) is 101 Å². The average Bonchev–Trinajstić information content (AvgIpc) is 3.47. The SMILES string of the molecule is Cc1cn([C@H]2C[C@H](OC3CCCCO3)[C@@H](COC3CCCCO3)O2)c(=O)n(CCCCc2ccc(CO[Si](C)(C)C(C)(C)C)cc2)c1=O. The van der Waals surface area contributed by atoms with Crippen molar-refractivity contribution >= 4 is 8.32 Å². The normalized spacial score (nSPS) is 25.4. The topological polar surface area (TPSA) is 99.4 Å². The third-order valence-electron chi connectivity index (χ3n) is 10.4. The van der Waals surface area contributed by atoms with E-state index in [4.69, 9.17) is 28.1 Å². The first kappa shape index (κ1) is 37.1. The first-order valence-corrected chi connectivity index (χ1v) is 21.0. The molecule has 10 nitrogen and oxygen atoms in total. The molecule has 0 bridgehead atoms. The molecular weight excluding hydrogens is 628 g/mol. The lowest BCUT2D eigenvalue weighted by Gasteiger charge is -2.36. The van der Waals surface area contributed by atoms with E-state index in [1.807, 2.05) is 0 Å². The lowest BCUT2D eigenvalue weighted by molar-refractivity contribution is -0.216. The van der Waals surface area contributed by atoms with Gasteiger partial charge in [-0.15, -0.1) is 0 Å². The molecule has 5 rings (SSSR count). The van der Waals surface area contributed by atoms with E-state index in [-0.39, 0.29) is 41.1 Å². The van der Waals surface area contributed by atoms with Crippen LogP contribution < -0.4 is 11.2 Å². The van der Waals surface area contributed by atoms with Gasteiger partial charge in [0.05, 0.1) is 19.3 Å². The fourth-order valence-electron chi connectivity index (χ4n) is 6.27. The summed E-state index contributed by atoms with van der Waals surface area (Å²) in [5, 5.41) is 0.182. The van der Waals surface area contributed by atoms with E-state index < -0.39 is 14.5 Å². The van der Waals surface area contributed by atoms with E-state index in [2.05, 4.69) is 58.1 Å². The molecule has 2 aromatic rings. The Morgan fingerprint density at radius 3 is 2.23 bits per heavy atom. The van der Waals surface area contributed by atoms with Gasteiger partial charge in [0, 0.05) is 37.9 Å². The van der Waals surface area contributed by atoms with Gasteiger partial charge in [0.2, 0.25) is 0 Å². The molecule has 3 aliphatic heterocycles. The number of benzene rings is 1. The molecule has 3 saturated heterocycles. The van der Waals surface area contributed by atoms with Crippen molar-refractivity contribution in [3.05, 3.63) is 68.0 Å². The van der Waals surface area contributed by atoms with Crippen molar-refractivity contribution in [2.24, 2.45) is 0 Å². The fourth-order valence-corrected chi connectivity index (χ4v) is 7.23. The van der Waals surface area contributed by atoms with Gasteiger partial charge < -0.3 is 28.1 Å². The Morgan fingerprint density at radius 1 is 0.917 bits per heavy atom. The lowest BCUT2D eigenvalue weighted by Crippen LogP contribution is -2.42. The average molecular weight is 687 g/mol. The van der Waals surface area contributed by atoms with Crippen LogP contribution in [0.25, 0.3) is 0 Å². The summed E-state index contributed by atoms with van der Waals surface area (Å²) in [6.07, 6.45) is 8.63. The molecule has 0 amide bonds. The largest absolute Gasteiger partial charge is 0.413 e. The third-order valence-corrected chi connectivity index (χ3v) is 14.9.